The molecule has 2 unspecified atom stereocenters. The van der Waals surface area contributed by atoms with Crippen molar-refractivity contribution in [2.45, 2.75) is 11.5 Å². The third-order valence-corrected chi connectivity index (χ3v) is 2.39. The van der Waals surface area contributed by atoms with E-state index in [0.717, 1.165) is 12.3 Å². The summed E-state index contributed by atoms with van der Waals surface area (Å²) in [6, 6.07) is 0. The predicted molar refractivity (Wildman–Crippen MR) is 54.5 cm³/mol. The van der Waals surface area contributed by atoms with Crippen molar-refractivity contribution in [3.8, 4) is 0 Å². The van der Waals surface area contributed by atoms with Gasteiger partial charge in [-0.15, -0.1) is 11.8 Å². The molecule has 0 fully saturated rings. The summed E-state index contributed by atoms with van der Waals surface area (Å²) in [7, 11) is 0. The molecule has 0 heterocycles. The molecule has 0 aliphatic rings. The molecule has 0 saturated heterocycles. The molecule has 74 valence electrons. The largest absolute Gasteiger partial charge is 0.328 e. The summed E-state index contributed by atoms with van der Waals surface area (Å²) in [6.45, 7) is 1.78. The molecule has 12 heavy (non-hydrogen) atoms. The molecule has 0 aromatic heterocycles. The van der Waals surface area contributed by atoms with Gasteiger partial charge in [0.2, 0.25) is 0 Å². The second-order valence-electron chi connectivity index (χ2n) is 2.44. The van der Waals surface area contributed by atoms with Crippen LogP contribution in [-0.2, 0) is 0 Å². The van der Waals surface area contributed by atoms with E-state index in [2.05, 4.69) is 5.32 Å². The summed E-state index contributed by atoms with van der Waals surface area (Å²) in [5, 5.41) is 3.08. The third kappa shape index (κ3) is 6.84. The van der Waals surface area contributed by atoms with Crippen molar-refractivity contribution >= 4 is 11.8 Å². The first-order valence-corrected chi connectivity index (χ1v) is 5.02. The van der Waals surface area contributed by atoms with Gasteiger partial charge in [-0.1, -0.05) is 0 Å². The Labute approximate surface area is 77.6 Å². The summed E-state index contributed by atoms with van der Waals surface area (Å²) < 4.78 is 0. The van der Waals surface area contributed by atoms with Crippen LogP contribution in [-0.4, -0.2) is 36.9 Å². The minimum Gasteiger partial charge on any atom is -0.328 e. The van der Waals surface area contributed by atoms with E-state index in [1.807, 2.05) is 0 Å². The fourth-order valence-electron chi connectivity index (χ4n) is 0.606. The Bertz CT molecular complexity index is 89.9. The van der Waals surface area contributed by atoms with Gasteiger partial charge in [-0.3, -0.25) is 0 Å². The van der Waals surface area contributed by atoms with Gasteiger partial charge in [-0.25, -0.2) is 0 Å². The van der Waals surface area contributed by atoms with E-state index in [4.69, 9.17) is 22.9 Å². The highest BCUT2D eigenvalue weighted by Gasteiger charge is 2.00. The van der Waals surface area contributed by atoms with Gasteiger partial charge < -0.3 is 28.3 Å². The lowest BCUT2D eigenvalue weighted by Crippen LogP contribution is -2.44. The van der Waals surface area contributed by atoms with E-state index in [1.165, 1.54) is 0 Å². The molecule has 0 spiro atoms. The van der Waals surface area contributed by atoms with Gasteiger partial charge in [0.25, 0.3) is 0 Å². The Morgan fingerprint density at radius 1 is 1.17 bits per heavy atom. The molecule has 2 atom stereocenters. The van der Waals surface area contributed by atoms with Gasteiger partial charge in [-0.2, -0.15) is 0 Å². The number of hydrogen-bond donors (Lipinski definition) is 5. The number of thioether (sulfide) groups is 1. The van der Waals surface area contributed by atoms with Crippen LogP contribution in [0.15, 0.2) is 0 Å². The fourth-order valence-corrected chi connectivity index (χ4v) is 1.28. The monoisotopic (exact) mass is 193 g/mol. The molecule has 0 radical (unpaired) electrons. The van der Waals surface area contributed by atoms with E-state index in [-0.39, 0.29) is 11.5 Å². The first kappa shape index (κ1) is 12.2. The van der Waals surface area contributed by atoms with Gasteiger partial charge in [0, 0.05) is 25.4 Å². The molecule has 0 aliphatic heterocycles. The zero-order valence-corrected chi connectivity index (χ0v) is 8.02. The molecule has 5 nitrogen and oxygen atoms in total. The maximum absolute atomic E-state index is 5.58. The normalized spacial score (nSPS) is 16.0. The van der Waals surface area contributed by atoms with Crippen molar-refractivity contribution in [1.29, 1.82) is 0 Å². The zero-order valence-electron chi connectivity index (χ0n) is 7.20. The summed E-state index contributed by atoms with van der Waals surface area (Å²) >= 11 is 1.62. The molecule has 0 rings (SSSR count). The third-order valence-electron chi connectivity index (χ3n) is 1.33. The maximum Gasteiger partial charge on any atom is 0.0673 e. The summed E-state index contributed by atoms with van der Waals surface area (Å²) in [6.07, 6.45) is -0.111. The second kappa shape index (κ2) is 7.78. The lowest BCUT2D eigenvalue weighted by molar-refractivity contribution is 0.556. The molecule has 0 bridgehead atoms. The van der Waals surface area contributed by atoms with Crippen LogP contribution in [0.4, 0.5) is 0 Å². The van der Waals surface area contributed by atoms with Gasteiger partial charge in [0.05, 0.1) is 11.5 Å². The van der Waals surface area contributed by atoms with Gasteiger partial charge >= 0.3 is 0 Å². The first-order valence-electron chi connectivity index (χ1n) is 3.97. The predicted octanol–water partition coefficient (Wildman–Crippen LogP) is -2.20. The van der Waals surface area contributed by atoms with Crippen LogP contribution in [0.2, 0.25) is 0 Å². The summed E-state index contributed by atoms with van der Waals surface area (Å²) in [5.41, 5.74) is 21.7. The highest BCUT2D eigenvalue weighted by Crippen LogP contribution is 2.01. The Hall–Kier alpha value is 0.150. The van der Waals surface area contributed by atoms with Crippen molar-refractivity contribution in [3.05, 3.63) is 0 Å². The molecule has 9 N–H and O–H groups in total. The zero-order chi connectivity index (χ0) is 9.40. The van der Waals surface area contributed by atoms with E-state index >= 15 is 0 Å². The molecule has 0 aromatic rings. The fraction of sp³-hybridized carbons (Fsp3) is 1.00. The van der Waals surface area contributed by atoms with Crippen LogP contribution < -0.4 is 28.3 Å². The SMILES string of the molecule is NCC(N)NCCSC(N)CN. The van der Waals surface area contributed by atoms with Crippen molar-refractivity contribution < 1.29 is 0 Å². The Morgan fingerprint density at radius 3 is 2.33 bits per heavy atom. The average molecular weight is 193 g/mol. The van der Waals surface area contributed by atoms with Crippen molar-refractivity contribution in [2.75, 3.05) is 25.4 Å². The van der Waals surface area contributed by atoms with Gasteiger partial charge in [0.15, 0.2) is 0 Å². The molecule has 0 aromatic carbocycles. The van der Waals surface area contributed by atoms with Gasteiger partial charge in [-0.05, 0) is 0 Å². The van der Waals surface area contributed by atoms with Crippen LogP contribution in [0.5, 0.6) is 0 Å². The lowest BCUT2D eigenvalue weighted by atomic mass is 10.5. The first-order chi connectivity index (χ1) is 5.70. The maximum atomic E-state index is 5.58. The Kier molecular flexibility index (Phi) is 7.88. The second-order valence-corrected chi connectivity index (χ2v) is 3.79. The minimum atomic E-state index is -0.111. The lowest BCUT2D eigenvalue weighted by Gasteiger charge is -2.12. The number of nitrogens with one attached hydrogen (secondary N) is 1. The van der Waals surface area contributed by atoms with E-state index in [1.54, 1.807) is 11.8 Å². The molecular formula is C6H19N5S. The minimum absolute atomic E-state index is 0.0286. The summed E-state index contributed by atoms with van der Waals surface area (Å²) in [5.74, 6) is 0.909. The quantitative estimate of drug-likeness (QED) is 0.231. The topological polar surface area (TPSA) is 116 Å². The van der Waals surface area contributed by atoms with Crippen LogP contribution in [0.25, 0.3) is 0 Å². The van der Waals surface area contributed by atoms with Crippen LogP contribution in [0, 0.1) is 0 Å². The molecule has 0 saturated carbocycles. The Balaban J connectivity index is 3.10. The highest BCUT2D eigenvalue weighted by molar-refractivity contribution is 7.99. The molecular weight excluding hydrogens is 174 g/mol. The standard InChI is InChI=1S/C6H19N5S/c7-3-5(9)11-1-2-12-6(10)4-8/h5-6,11H,1-4,7-10H2. The van der Waals surface area contributed by atoms with E-state index in [0.29, 0.717) is 13.1 Å². The summed E-state index contributed by atoms with van der Waals surface area (Å²) in [4.78, 5) is 0. The Morgan fingerprint density at radius 2 is 1.83 bits per heavy atom. The average Bonchev–Trinajstić information content (AvgIpc) is 2.11. The smallest absolute Gasteiger partial charge is 0.0673 e. The van der Waals surface area contributed by atoms with Gasteiger partial charge in [0.1, 0.15) is 0 Å². The van der Waals surface area contributed by atoms with Crippen LogP contribution in [0.3, 0.4) is 0 Å². The highest BCUT2D eigenvalue weighted by atomic mass is 32.2. The van der Waals surface area contributed by atoms with Crippen LogP contribution >= 0.6 is 11.8 Å². The molecule has 6 heteroatoms. The number of nitrogens with two attached hydrogens (primary N) is 4. The number of hydrogen-bond acceptors (Lipinski definition) is 6. The number of rotatable bonds is 7. The van der Waals surface area contributed by atoms with E-state index in [9.17, 15) is 0 Å². The van der Waals surface area contributed by atoms with Crippen molar-refractivity contribution in [3.63, 3.8) is 0 Å². The molecule has 0 aliphatic carbocycles. The van der Waals surface area contributed by atoms with Crippen molar-refractivity contribution in [2.24, 2.45) is 22.9 Å². The molecule has 0 amide bonds. The van der Waals surface area contributed by atoms with E-state index < -0.39 is 0 Å². The van der Waals surface area contributed by atoms with Crippen molar-refractivity contribution in [1.82, 2.24) is 5.32 Å². The van der Waals surface area contributed by atoms with Crippen LogP contribution in [0.1, 0.15) is 0 Å².